The largest absolute Gasteiger partial charge is 0.484 e. The highest BCUT2D eigenvalue weighted by atomic mass is 32.2. The van der Waals surface area contributed by atoms with E-state index in [1.165, 1.54) is 0 Å². The molecule has 1 aromatic carbocycles. The summed E-state index contributed by atoms with van der Waals surface area (Å²) in [4.78, 5) is 34.9. The van der Waals surface area contributed by atoms with Crippen LogP contribution in [-0.2, 0) is 24.2 Å². The summed E-state index contributed by atoms with van der Waals surface area (Å²) in [6, 6.07) is 8.75. The van der Waals surface area contributed by atoms with Gasteiger partial charge in [-0.3, -0.25) is 25.2 Å². The van der Waals surface area contributed by atoms with Crippen molar-refractivity contribution in [3.8, 4) is 5.75 Å². The molecule has 0 aliphatic carbocycles. The van der Waals surface area contributed by atoms with E-state index in [9.17, 15) is 22.8 Å². The number of hydrogen-bond acceptors (Lipinski definition) is 6. The molecule has 9 nitrogen and oxygen atoms in total. The number of nitrogens with one attached hydrogen (secondary N) is 3. The molecule has 1 saturated heterocycles. The van der Waals surface area contributed by atoms with Crippen molar-refractivity contribution in [1.29, 1.82) is 0 Å². The zero-order valence-electron chi connectivity index (χ0n) is 14.1. The van der Waals surface area contributed by atoms with Gasteiger partial charge in [-0.05, 0) is 24.5 Å². The second-order valence-electron chi connectivity index (χ2n) is 5.95. The molecule has 1 aromatic rings. The van der Waals surface area contributed by atoms with E-state index in [1.807, 2.05) is 6.07 Å². The van der Waals surface area contributed by atoms with E-state index in [1.54, 1.807) is 24.3 Å². The molecule has 3 N–H and O–H groups in total. The predicted octanol–water partition coefficient (Wildman–Crippen LogP) is -0.846. The Kier molecular flexibility index (Phi) is 6.96. The lowest BCUT2D eigenvalue weighted by molar-refractivity contribution is -0.130. The third-order valence-corrected chi connectivity index (χ3v) is 5.54. The molecule has 1 heterocycles. The Morgan fingerprint density at radius 2 is 1.73 bits per heavy atom. The maximum absolute atomic E-state index is 11.7. The van der Waals surface area contributed by atoms with E-state index in [4.69, 9.17) is 4.74 Å². The van der Waals surface area contributed by atoms with Crippen molar-refractivity contribution < 1.29 is 27.5 Å². The summed E-state index contributed by atoms with van der Waals surface area (Å²) in [5.41, 5.74) is 4.37. The van der Waals surface area contributed by atoms with Crippen molar-refractivity contribution in [1.82, 2.24) is 16.2 Å². The monoisotopic (exact) mass is 383 g/mol. The summed E-state index contributed by atoms with van der Waals surface area (Å²) in [5.74, 6) is -1.17. The first-order valence-corrected chi connectivity index (χ1v) is 9.89. The number of ether oxygens (including phenoxy) is 1. The van der Waals surface area contributed by atoms with Gasteiger partial charge in [0, 0.05) is 6.42 Å². The number of para-hydroxylation sites is 1. The number of carbonyl (C=O) groups is 3. The zero-order chi connectivity index (χ0) is 19.0. The third-order valence-electron chi connectivity index (χ3n) is 3.70. The number of hydrazine groups is 1. The zero-order valence-corrected chi connectivity index (χ0v) is 14.9. The van der Waals surface area contributed by atoms with Gasteiger partial charge in [0.1, 0.15) is 5.75 Å². The van der Waals surface area contributed by atoms with Crippen molar-refractivity contribution in [2.45, 2.75) is 12.8 Å². The second-order valence-corrected chi connectivity index (χ2v) is 8.18. The predicted molar refractivity (Wildman–Crippen MR) is 92.6 cm³/mol. The Bertz CT molecular complexity index is 751. The fourth-order valence-corrected chi connectivity index (χ4v) is 4.29. The van der Waals surface area contributed by atoms with E-state index >= 15 is 0 Å². The molecule has 0 aromatic heterocycles. The first-order valence-electron chi connectivity index (χ1n) is 8.07. The molecule has 2 rings (SSSR count). The first-order chi connectivity index (χ1) is 12.3. The molecule has 142 valence electrons. The fraction of sp³-hybridized carbons (Fsp3) is 0.438. The Hall–Kier alpha value is -2.62. The van der Waals surface area contributed by atoms with Crippen LogP contribution in [0.1, 0.15) is 12.8 Å². The number of sulfone groups is 1. The van der Waals surface area contributed by atoms with Gasteiger partial charge in [0.2, 0.25) is 5.91 Å². The van der Waals surface area contributed by atoms with Crippen LogP contribution in [0.3, 0.4) is 0 Å². The molecule has 0 bridgehead atoms. The molecule has 0 saturated carbocycles. The highest BCUT2D eigenvalue weighted by molar-refractivity contribution is 7.91. The molecule has 1 fully saturated rings. The lowest BCUT2D eigenvalue weighted by Crippen LogP contribution is -2.47. The number of carbonyl (C=O) groups excluding carboxylic acids is 3. The van der Waals surface area contributed by atoms with Crippen LogP contribution >= 0.6 is 0 Å². The van der Waals surface area contributed by atoms with E-state index in [-0.39, 0.29) is 37.0 Å². The van der Waals surface area contributed by atoms with Gasteiger partial charge in [0.15, 0.2) is 16.4 Å². The number of benzene rings is 1. The maximum atomic E-state index is 11.7. The Labute approximate surface area is 151 Å². The van der Waals surface area contributed by atoms with Gasteiger partial charge in [0.25, 0.3) is 11.8 Å². The molecule has 3 amide bonds. The van der Waals surface area contributed by atoms with Crippen LogP contribution in [0.2, 0.25) is 0 Å². The number of rotatable bonds is 7. The van der Waals surface area contributed by atoms with E-state index in [0.717, 1.165) is 0 Å². The average molecular weight is 383 g/mol. The smallest absolute Gasteiger partial charge is 0.258 e. The van der Waals surface area contributed by atoms with Crippen molar-refractivity contribution >= 4 is 27.6 Å². The van der Waals surface area contributed by atoms with Crippen LogP contribution in [-0.4, -0.2) is 50.8 Å². The first kappa shape index (κ1) is 19.7. The Balaban J connectivity index is 1.58. The van der Waals surface area contributed by atoms with Crippen molar-refractivity contribution in [3.05, 3.63) is 30.3 Å². The van der Waals surface area contributed by atoms with Gasteiger partial charge in [-0.1, -0.05) is 18.2 Å². The fourth-order valence-electron chi connectivity index (χ4n) is 2.43. The van der Waals surface area contributed by atoms with Gasteiger partial charge in [0.05, 0.1) is 18.1 Å². The topological polar surface area (TPSA) is 131 Å². The summed E-state index contributed by atoms with van der Waals surface area (Å²) >= 11 is 0. The molecular formula is C16H21N3O6S. The van der Waals surface area contributed by atoms with Gasteiger partial charge in [-0.15, -0.1) is 0 Å². The minimum atomic E-state index is -3.04. The Morgan fingerprint density at radius 3 is 2.38 bits per heavy atom. The van der Waals surface area contributed by atoms with Gasteiger partial charge in [-0.2, -0.15) is 0 Å². The molecule has 1 aliphatic rings. The van der Waals surface area contributed by atoms with Crippen molar-refractivity contribution in [3.63, 3.8) is 0 Å². The standard InChI is InChI=1S/C16H21N3O6S/c20-14(8-12-6-7-26(23,24)11-12)18-19-15(21)9-17-16(22)10-25-13-4-2-1-3-5-13/h1-5,12H,6-11H2,(H,17,22)(H,18,20)(H,19,21). The molecule has 10 heteroatoms. The van der Waals surface area contributed by atoms with E-state index in [0.29, 0.717) is 12.2 Å². The molecular weight excluding hydrogens is 362 g/mol. The third kappa shape index (κ3) is 7.09. The normalized spacial score (nSPS) is 17.9. The summed E-state index contributed by atoms with van der Waals surface area (Å²) in [7, 11) is -3.04. The van der Waals surface area contributed by atoms with Crippen LogP contribution in [0.5, 0.6) is 5.75 Å². The van der Waals surface area contributed by atoms with E-state index in [2.05, 4.69) is 16.2 Å². The van der Waals surface area contributed by atoms with Crippen molar-refractivity contribution in [2.24, 2.45) is 5.92 Å². The lowest BCUT2D eigenvalue weighted by atomic mass is 10.1. The quantitative estimate of drug-likeness (QED) is 0.526. The van der Waals surface area contributed by atoms with Crippen LogP contribution in [0, 0.1) is 5.92 Å². The maximum Gasteiger partial charge on any atom is 0.258 e. The highest BCUT2D eigenvalue weighted by Crippen LogP contribution is 2.21. The summed E-state index contributed by atoms with van der Waals surface area (Å²) < 4.78 is 27.9. The van der Waals surface area contributed by atoms with Crippen LogP contribution in [0.15, 0.2) is 30.3 Å². The van der Waals surface area contributed by atoms with Gasteiger partial charge >= 0.3 is 0 Å². The molecule has 26 heavy (non-hydrogen) atoms. The lowest BCUT2D eigenvalue weighted by Gasteiger charge is -2.11. The molecule has 1 aliphatic heterocycles. The highest BCUT2D eigenvalue weighted by Gasteiger charge is 2.29. The van der Waals surface area contributed by atoms with Gasteiger partial charge in [-0.25, -0.2) is 8.42 Å². The molecule has 0 spiro atoms. The van der Waals surface area contributed by atoms with Crippen molar-refractivity contribution in [2.75, 3.05) is 24.7 Å². The SMILES string of the molecule is O=C(COc1ccccc1)NCC(=O)NNC(=O)CC1CCS(=O)(=O)C1. The molecule has 0 radical (unpaired) electrons. The molecule has 1 atom stereocenters. The Morgan fingerprint density at radius 1 is 1.04 bits per heavy atom. The van der Waals surface area contributed by atoms with E-state index < -0.39 is 27.6 Å². The summed E-state index contributed by atoms with van der Waals surface area (Å²) in [6.45, 7) is -0.561. The summed E-state index contributed by atoms with van der Waals surface area (Å²) in [5, 5.41) is 2.35. The van der Waals surface area contributed by atoms with Crippen LogP contribution < -0.4 is 20.9 Å². The van der Waals surface area contributed by atoms with Crippen LogP contribution in [0.4, 0.5) is 0 Å². The summed E-state index contributed by atoms with van der Waals surface area (Å²) in [6.07, 6.45) is 0.470. The molecule has 1 unspecified atom stereocenters. The average Bonchev–Trinajstić information content (AvgIpc) is 2.95. The second kappa shape index (κ2) is 9.18. The minimum absolute atomic E-state index is 0.00810. The van der Waals surface area contributed by atoms with Crippen LogP contribution in [0.25, 0.3) is 0 Å². The number of hydrogen-bond donors (Lipinski definition) is 3. The van der Waals surface area contributed by atoms with Gasteiger partial charge < -0.3 is 10.1 Å². The number of amides is 3. The minimum Gasteiger partial charge on any atom is -0.484 e.